The molecule has 0 atom stereocenters. The van der Waals surface area contributed by atoms with Gasteiger partial charge in [0.2, 0.25) is 5.91 Å². The topological polar surface area (TPSA) is 51.2 Å². The van der Waals surface area contributed by atoms with Gasteiger partial charge < -0.3 is 10.1 Å². The second kappa shape index (κ2) is 6.72. The minimum atomic E-state index is 0.0130. The first-order valence-electron chi connectivity index (χ1n) is 7.27. The molecule has 1 aliphatic rings. The molecule has 5 heteroatoms. The van der Waals surface area contributed by atoms with Crippen LogP contribution >= 0.6 is 11.3 Å². The van der Waals surface area contributed by atoms with E-state index in [0.717, 1.165) is 23.7 Å². The van der Waals surface area contributed by atoms with E-state index in [9.17, 15) is 4.79 Å². The molecule has 1 heterocycles. The number of thiazole rings is 1. The SMILES string of the molecule is O=C(CCCOc1ccccc1)Nc1nc2c(s1)CCC2. The summed E-state index contributed by atoms with van der Waals surface area (Å²) in [5.41, 5.74) is 1.17. The summed E-state index contributed by atoms with van der Waals surface area (Å²) in [5, 5.41) is 3.63. The molecule has 3 rings (SSSR count). The zero-order chi connectivity index (χ0) is 14.5. The number of aromatic nitrogens is 1. The second-order valence-corrected chi connectivity index (χ2v) is 6.14. The summed E-state index contributed by atoms with van der Waals surface area (Å²) in [6.07, 6.45) is 4.50. The Labute approximate surface area is 128 Å². The highest BCUT2D eigenvalue weighted by atomic mass is 32.1. The number of carbonyl (C=O) groups is 1. The quantitative estimate of drug-likeness (QED) is 0.832. The van der Waals surface area contributed by atoms with Gasteiger partial charge in [-0.3, -0.25) is 4.79 Å². The van der Waals surface area contributed by atoms with Gasteiger partial charge in [0.1, 0.15) is 5.75 Å². The van der Waals surface area contributed by atoms with Gasteiger partial charge >= 0.3 is 0 Å². The molecular weight excluding hydrogens is 284 g/mol. The Morgan fingerprint density at radius 2 is 2.14 bits per heavy atom. The second-order valence-electron chi connectivity index (χ2n) is 5.06. The van der Waals surface area contributed by atoms with Crippen LogP contribution in [0.25, 0.3) is 0 Å². The smallest absolute Gasteiger partial charge is 0.226 e. The van der Waals surface area contributed by atoms with Gasteiger partial charge in [-0.1, -0.05) is 18.2 Å². The number of nitrogens with zero attached hydrogens (tertiary/aromatic N) is 1. The van der Waals surface area contributed by atoms with Gasteiger partial charge in [0.15, 0.2) is 5.13 Å². The Morgan fingerprint density at radius 3 is 2.95 bits per heavy atom. The molecule has 0 aliphatic heterocycles. The maximum atomic E-state index is 11.9. The van der Waals surface area contributed by atoms with Crippen molar-refractivity contribution in [3.8, 4) is 5.75 Å². The number of fused-ring (bicyclic) bond motifs is 1. The normalized spacial score (nSPS) is 13.0. The van der Waals surface area contributed by atoms with Gasteiger partial charge in [-0.25, -0.2) is 4.98 Å². The van der Waals surface area contributed by atoms with E-state index in [1.165, 1.54) is 17.0 Å². The minimum Gasteiger partial charge on any atom is -0.494 e. The van der Waals surface area contributed by atoms with Gasteiger partial charge in [0.25, 0.3) is 0 Å². The number of hydrogen-bond donors (Lipinski definition) is 1. The predicted molar refractivity (Wildman–Crippen MR) is 83.9 cm³/mol. The molecule has 21 heavy (non-hydrogen) atoms. The zero-order valence-corrected chi connectivity index (χ0v) is 12.6. The van der Waals surface area contributed by atoms with E-state index < -0.39 is 0 Å². The van der Waals surface area contributed by atoms with E-state index in [1.54, 1.807) is 11.3 Å². The van der Waals surface area contributed by atoms with Crippen molar-refractivity contribution in [3.63, 3.8) is 0 Å². The standard InChI is InChI=1S/C16H18N2O2S/c19-15(10-5-11-20-12-6-2-1-3-7-12)18-16-17-13-8-4-9-14(13)21-16/h1-3,6-7H,4-5,8-11H2,(H,17,18,19). The van der Waals surface area contributed by atoms with Gasteiger partial charge in [-0.15, -0.1) is 11.3 Å². The van der Waals surface area contributed by atoms with Crippen LogP contribution < -0.4 is 10.1 Å². The zero-order valence-electron chi connectivity index (χ0n) is 11.8. The highest BCUT2D eigenvalue weighted by molar-refractivity contribution is 7.15. The molecule has 1 aromatic heterocycles. The van der Waals surface area contributed by atoms with Crippen LogP contribution in [0.2, 0.25) is 0 Å². The minimum absolute atomic E-state index is 0.0130. The van der Waals surface area contributed by atoms with Crippen molar-refractivity contribution in [3.05, 3.63) is 40.9 Å². The molecule has 0 saturated carbocycles. The molecule has 4 nitrogen and oxygen atoms in total. The van der Waals surface area contributed by atoms with Crippen LogP contribution in [0.4, 0.5) is 5.13 Å². The summed E-state index contributed by atoms with van der Waals surface area (Å²) in [5.74, 6) is 0.855. The van der Waals surface area contributed by atoms with Gasteiger partial charge in [-0.05, 0) is 37.8 Å². The van der Waals surface area contributed by atoms with E-state index in [1.807, 2.05) is 30.3 Å². The molecule has 1 aromatic carbocycles. The highest BCUT2D eigenvalue weighted by Crippen LogP contribution is 2.30. The molecule has 2 aromatic rings. The lowest BCUT2D eigenvalue weighted by Gasteiger charge is -2.05. The summed E-state index contributed by atoms with van der Waals surface area (Å²) >= 11 is 1.61. The first-order chi connectivity index (χ1) is 10.3. The Kier molecular flexibility index (Phi) is 4.50. The number of benzene rings is 1. The maximum Gasteiger partial charge on any atom is 0.226 e. The maximum absolute atomic E-state index is 11.9. The average Bonchev–Trinajstić information content (AvgIpc) is 3.06. The largest absolute Gasteiger partial charge is 0.494 e. The van der Waals surface area contributed by atoms with Crippen LogP contribution in [0.3, 0.4) is 0 Å². The molecular formula is C16H18N2O2S. The van der Waals surface area contributed by atoms with E-state index in [4.69, 9.17) is 4.74 Å². The third kappa shape index (κ3) is 3.82. The number of nitrogens with one attached hydrogen (secondary N) is 1. The summed E-state index contributed by atoms with van der Waals surface area (Å²) < 4.78 is 5.56. The Morgan fingerprint density at radius 1 is 1.29 bits per heavy atom. The fourth-order valence-corrected chi connectivity index (χ4v) is 3.43. The summed E-state index contributed by atoms with van der Waals surface area (Å²) in [4.78, 5) is 17.6. The first-order valence-corrected chi connectivity index (χ1v) is 8.09. The average molecular weight is 302 g/mol. The lowest BCUT2D eigenvalue weighted by Crippen LogP contribution is -2.12. The van der Waals surface area contributed by atoms with Crippen molar-refractivity contribution in [2.75, 3.05) is 11.9 Å². The number of hydrogen-bond acceptors (Lipinski definition) is 4. The van der Waals surface area contributed by atoms with E-state index in [2.05, 4.69) is 10.3 Å². The molecule has 1 amide bonds. The van der Waals surface area contributed by atoms with Crippen molar-refractivity contribution in [1.29, 1.82) is 0 Å². The highest BCUT2D eigenvalue weighted by Gasteiger charge is 2.17. The summed E-state index contributed by atoms with van der Waals surface area (Å²) in [6, 6.07) is 9.65. The van der Waals surface area contributed by atoms with Crippen molar-refractivity contribution >= 4 is 22.4 Å². The number of para-hydroxylation sites is 1. The molecule has 0 fully saturated rings. The molecule has 1 N–H and O–H groups in total. The van der Waals surface area contributed by atoms with E-state index in [0.29, 0.717) is 19.4 Å². The molecule has 1 aliphatic carbocycles. The van der Waals surface area contributed by atoms with E-state index >= 15 is 0 Å². The van der Waals surface area contributed by atoms with Crippen molar-refractivity contribution in [2.45, 2.75) is 32.1 Å². The molecule has 0 bridgehead atoms. The number of amides is 1. The summed E-state index contributed by atoms with van der Waals surface area (Å²) in [7, 11) is 0. The fourth-order valence-electron chi connectivity index (χ4n) is 2.37. The third-order valence-corrected chi connectivity index (χ3v) is 4.47. The number of rotatable bonds is 6. The monoisotopic (exact) mass is 302 g/mol. The number of carbonyl (C=O) groups excluding carboxylic acids is 1. The lowest BCUT2D eigenvalue weighted by molar-refractivity contribution is -0.116. The van der Waals surface area contributed by atoms with Crippen molar-refractivity contribution in [1.82, 2.24) is 4.98 Å². The third-order valence-electron chi connectivity index (χ3n) is 3.40. The van der Waals surface area contributed by atoms with Crippen LogP contribution in [-0.2, 0) is 17.6 Å². The predicted octanol–water partition coefficient (Wildman–Crippen LogP) is 3.43. The fraction of sp³-hybridized carbons (Fsp3) is 0.375. The van der Waals surface area contributed by atoms with Crippen molar-refractivity contribution in [2.24, 2.45) is 0 Å². The van der Waals surface area contributed by atoms with Crippen molar-refractivity contribution < 1.29 is 9.53 Å². The molecule has 0 saturated heterocycles. The van der Waals surface area contributed by atoms with Crippen LogP contribution in [0, 0.1) is 0 Å². The number of anilines is 1. The number of ether oxygens (including phenoxy) is 1. The Hall–Kier alpha value is -1.88. The molecule has 110 valence electrons. The lowest BCUT2D eigenvalue weighted by atomic mass is 10.3. The number of aryl methyl sites for hydroxylation is 2. The van der Waals surface area contributed by atoms with E-state index in [-0.39, 0.29) is 5.91 Å². The molecule has 0 spiro atoms. The Balaban J connectivity index is 1.38. The van der Waals surface area contributed by atoms with Gasteiger partial charge in [-0.2, -0.15) is 0 Å². The van der Waals surface area contributed by atoms with Gasteiger partial charge in [0, 0.05) is 11.3 Å². The van der Waals surface area contributed by atoms with Gasteiger partial charge in [0.05, 0.1) is 12.3 Å². The van der Waals surface area contributed by atoms with Crippen LogP contribution in [0.5, 0.6) is 5.75 Å². The van der Waals surface area contributed by atoms with Crippen LogP contribution in [0.15, 0.2) is 30.3 Å². The first kappa shape index (κ1) is 14.1. The molecule has 0 radical (unpaired) electrons. The molecule has 0 unspecified atom stereocenters. The van der Waals surface area contributed by atoms with Crippen LogP contribution in [0.1, 0.15) is 29.8 Å². The summed E-state index contributed by atoms with van der Waals surface area (Å²) in [6.45, 7) is 0.547. The van der Waals surface area contributed by atoms with Crippen LogP contribution in [-0.4, -0.2) is 17.5 Å². The Bertz CT molecular complexity index is 588.